The molecule has 1 heterocycles. The number of carbonyl (C=O) groups excluding carboxylic acids is 3. The Morgan fingerprint density at radius 2 is 1.79 bits per heavy atom. The molecular formula is C24H23Cl2NO6S. The maximum Gasteiger partial charge on any atom is 0.344 e. The minimum Gasteiger partial charge on any atom is -0.491 e. The minimum absolute atomic E-state index is 0.123. The molecule has 0 N–H and O–H groups in total. The van der Waals surface area contributed by atoms with Gasteiger partial charge in [0.2, 0.25) is 0 Å². The van der Waals surface area contributed by atoms with Crippen molar-refractivity contribution in [2.75, 3.05) is 26.4 Å². The summed E-state index contributed by atoms with van der Waals surface area (Å²) in [6, 6.07) is 8.92. The van der Waals surface area contributed by atoms with E-state index in [1.54, 1.807) is 6.92 Å². The maximum atomic E-state index is 12.8. The summed E-state index contributed by atoms with van der Waals surface area (Å²) in [6.07, 6.45) is 1.53. The zero-order valence-electron chi connectivity index (χ0n) is 18.9. The van der Waals surface area contributed by atoms with Crippen LogP contribution in [0.15, 0.2) is 35.2 Å². The first kappa shape index (κ1) is 25.9. The highest BCUT2D eigenvalue weighted by molar-refractivity contribution is 8.18. The number of halogens is 2. The van der Waals surface area contributed by atoms with Crippen molar-refractivity contribution in [3.05, 3.63) is 62.0 Å². The summed E-state index contributed by atoms with van der Waals surface area (Å²) < 4.78 is 15.9. The fraction of sp³-hybridized carbons (Fsp3) is 0.292. The van der Waals surface area contributed by atoms with Crippen LogP contribution in [0.4, 0.5) is 4.79 Å². The van der Waals surface area contributed by atoms with Gasteiger partial charge in [-0.15, -0.1) is 0 Å². The van der Waals surface area contributed by atoms with Gasteiger partial charge in [-0.1, -0.05) is 35.3 Å². The summed E-state index contributed by atoms with van der Waals surface area (Å²) >= 11 is 13.3. The molecule has 0 aromatic heterocycles. The smallest absolute Gasteiger partial charge is 0.344 e. The number of esters is 1. The van der Waals surface area contributed by atoms with Crippen molar-refractivity contribution < 1.29 is 28.6 Å². The molecule has 1 saturated heterocycles. The molecule has 0 unspecified atom stereocenters. The lowest BCUT2D eigenvalue weighted by Gasteiger charge is -2.14. The number of nitrogens with zero attached hydrogens (tertiary/aromatic N) is 1. The Morgan fingerprint density at radius 3 is 2.47 bits per heavy atom. The van der Waals surface area contributed by atoms with E-state index in [0.717, 1.165) is 33.5 Å². The van der Waals surface area contributed by atoms with Crippen LogP contribution in [0.5, 0.6) is 11.5 Å². The second-order valence-electron chi connectivity index (χ2n) is 7.36. The number of rotatable bonds is 9. The van der Waals surface area contributed by atoms with E-state index >= 15 is 0 Å². The predicted molar refractivity (Wildman–Crippen MR) is 133 cm³/mol. The second kappa shape index (κ2) is 11.6. The van der Waals surface area contributed by atoms with Gasteiger partial charge >= 0.3 is 5.97 Å². The van der Waals surface area contributed by atoms with Gasteiger partial charge in [-0.25, -0.2) is 4.79 Å². The van der Waals surface area contributed by atoms with Gasteiger partial charge in [-0.2, -0.15) is 0 Å². The molecule has 0 radical (unpaired) electrons. The second-order valence-corrected chi connectivity index (χ2v) is 9.17. The van der Waals surface area contributed by atoms with Crippen LogP contribution in [0.25, 0.3) is 6.08 Å². The number of hydrogen-bond donors (Lipinski definition) is 0. The Morgan fingerprint density at radius 1 is 1.09 bits per heavy atom. The largest absolute Gasteiger partial charge is 0.491 e. The van der Waals surface area contributed by atoms with Crippen molar-refractivity contribution in [3.8, 4) is 11.5 Å². The molecule has 0 saturated carbocycles. The number of aryl methyl sites for hydroxylation is 2. The number of carbonyl (C=O) groups is 3. The third-order valence-electron chi connectivity index (χ3n) is 4.75. The van der Waals surface area contributed by atoms with E-state index in [9.17, 15) is 14.4 Å². The first-order chi connectivity index (χ1) is 16.2. The van der Waals surface area contributed by atoms with Crippen LogP contribution in [-0.2, 0) is 14.3 Å². The molecule has 2 aromatic rings. The lowest BCUT2D eigenvalue weighted by molar-refractivity contribution is -0.145. The zero-order valence-corrected chi connectivity index (χ0v) is 21.2. The van der Waals surface area contributed by atoms with Crippen LogP contribution in [0.3, 0.4) is 0 Å². The molecule has 34 heavy (non-hydrogen) atoms. The molecule has 10 heteroatoms. The SMILES string of the molecule is CCOC(=O)COc1c(Cl)cc(/C=C2\SC(=O)N(CCOc3cc(C)ccc3C)C2=O)cc1Cl. The van der Waals surface area contributed by atoms with Gasteiger partial charge in [0.05, 0.1) is 28.1 Å². The molecule has 1 aliphatic heterocycles. The molecule has 3 rings (SSSR count). The van der Waals surface area contributed by atoms with E-state index in [-0.39, 0.29) is 52.3 Å². The predicted octanol–water partition coefficient (Wildman–Crippen LogP) is 5.67. The van der Waals surface area contributed by atoms with Crippen molar-refractivity contribution >= 4 is 58.2 Å². The third kappa shape index (κ3) is 6.46. The van der Waals surface area contributed by atoms with Crippen LogP contribution < -0.4 is 9.47 Å². The quantitative estimate of drug-likeness (QED) is 0.309. The highest BCUT2D eigenvalue weighted by atomic mass is 35.5. The minimum atomic E-state index is -0.547. The lowest BCUT2D eigenvalue weighted by Crippen LogP contribution is -2.32. The summed E-state index contributed by atoms with van der Waals surface area (Å²) in [5.41, 5.74) is 2.54. The number of benzene rings is 2. The first-order valence-electron chi connectivity index (χ1n) is 10.4. The normalized spacial score (nSPS) is 14.6. The maximum absolute atomic E-state index is 12.8. The topological polar surface area (TPSA) is 82.1 Å². The average molecular weight is 524 g/mol. The van der Waals surface area contributed by atoms with Crippen LogP contribution in [0.2, 0.25) is 10.0 Å². The number of imide groups is 1. The molecule has 0 spiro atoms. The number of ether oxygens (including phenoxy) is 3. The van der Waals surface area contributed by atoms with E-state index in [1.807, 2.05) is 32.0 Å². The van der Waals surface area contributed by atoms with E-state index in [4.69, 9.17) is 37.4 Å². The van der Waals surface area contributed by atoms with Gasteiger partial charge in [0, 0.05) is 0 Å². The molecule has 1 fully saturated rings. The summed E-state index contributed by atoms with van der Waals surface area (Å²) in [4.78, 5) is 38.0. The zero-order chi connectivity index (χ0) is 24.8. The molecule has 7 nitrogen and oxygen atoms in total. The van der Waals surface area contributed by atoms with Crippen molar-refractivity contribution in [3.63, 3.8) is 0 Å². The molecular weight excluding hydrogens is 501 g/mol. The summed E-state index contributed by atoms with van der Waals surface area (Å²) in [5.74, 6) is -0.120. The van der Waals surface area contributed by atoms with Crippen molar-refractivity contribution in [1.82, 2.24) is 4.90 Å². The molecule has 0 atom stereocenters. The Hall–Kier alpha value is -2.68. The Bertz CT molecular complexity index is 1130. The van der Waals surface area contributed by atoms with Gasteiger partial charge in [0.1, 0.15) is 12.4 Å². The first-order valence-corrected chi connectivity index (χ1v) is 12.0. The van der Waals surface area contributed by atoms with Crippen LogP contribution in [0, 0.1) is 13.8 Å². The fourth-order valence-electron chi connectivity index (χ4n) is 3.09. The van der Waals surface area contributed by atoms with E-state index in [0.29, 0.717) is 5.56 Å². The molecule has 1 aliphatic rings. The van der Waals surface area contributed by atoms with E-state index in [1.165, 1.54) is 18.2 Å². The highest BCUT2D eigenvalue weighted by Gasteiger charge is 2.35. The van der Waals surface area contributed by atoms with Crippen LogP contribution in [0.1, 0.15) is 23.6 Å². The van der Waals surface area contributed by atoms with Crippen LogP contribution >= 0.6 is 35.0 Å². The highest BCUT2D eigenvalue weighted by Crippen LogP contribution is 2.37. The van der Waals surface area contributed by atoms with Gasteiger partial charge < -0.3 is 14.2 Å². The Labute approximate surface area is 211 Å². The molecule has 2 amide bonds. The average Bonchev–Trinajstić information content (AvgIpc) is 3.03. The number of amides is 2. The summed E-state index contributed by atoms with van der Waals surface area (Å²) in [5, 5.41) is -0.0687. The van der Waals surface area contributed by atoms with E-state index < -0.39 is 11.9 Å². The number of hydrogen-bond acceptors (Lipinski definition) is 7. The molecule has 2 aromatic carbocycles. The summed E-state index contributed by atoms with van der Waals surface area (Å²) in [7, 11) is 0. The van der Waals surface area contributed by atoms with Crippen molar-refractivity contribution in [2.24, 2.45) is 0 Å². The standard InChI is InChI=1S/C24H23Cl2NO6S/c1-4-31-21(28)13-33-22-17(25)10-16(11-18(22)26)12-20-23(29)27(24(30)34-20)7-8-32-19-9-14(2)5-6-15(19)3/h5-6,9-12H,4,7-8,13H2,1-3H3/b20-12-. The Kier molecular flexibility index (Phi) is 8.88. The Balaban J connectivity index is 1.66. The third-order valence-corrected chi connectivity index (χ3v) is 6.22. The van der Waals surface area contributed by atoms with Gasteiger partial charge in [0.25, 0.3) is 11.1 Å². The van der Waals surface area contributed by atoms with Crippen LogP contribution in [-0.4, -0.2) is 48.4 Å². The van der Waals surface area contributed by atoms with E-state index in [2.05, 4.69) is 0 Å². The van der Waals surface area contributed by atoms with Gasteiger partial charge in [-0.05, 0) is 73.5 Å². The van der Waals surface area contributed by atoms with Crippen molar-refractivity contribution in [2.45, 2.75) is 20.8 Å². The molecule has 180 valence electrons. The van der Waals surface area contributed by atoms with Gasteiger partial charge in [0.15, 0.2) is 12.4 Å². The fourth-order valence-corrected chi connectivity index (χ4v) is 4.57. The summed E-state index contributed by atoms with van der Waals surface area (Å²) in [6.45, 7) is 5.78. The monoisotopic (exact) mass is 523 g/mol. The molecule has 0 aliphatic carbocycles. The van der Waals surface area contributed by atoms with Gasteiger partial charge in [-0.3, -0.25) is 14.5 Å². The molecule has 0 bridgehead atoms. The van der Waals surface area contributed by atoms with Crippen molar-refractivity contribution in [1.29, 1.82) is 0 Å². The number of thioether (sulfide) groups is 1. The lowest BCUT2D eigenvalue weighted by atomic mass is 10.1.